The van der Waals surface area contributed by atoms with E-state index in [1.807, 2.05) is 0 Å². The third-order valence-electron chi connectivity index (χ3n) is 11.9. The Hall–Kier alpha value is -4.03. The fourth-order valence-corrected chi connectivity index (χ4v) is 10.3. The zero-order valence-corrected chi connectivity index (χ0v) is 28.5. The predicted octanol–water partition coefficient (Wildman–Crippen LogP) is 6.38. The molecule has 3 saturated carbocycles. The largest absolute Gasteiger partial charge is 0.507 e. The van der Waals surface area contributed by atoms with Crippen molar-refractivity contribution >= 4 is 34.5 Å². The average molecular weight is 696 g/mol. The van der Waals surface area contributed by atoms with Crippen LogP contribution in [0.2, 0.25) is 0 Å². The second kappa shape index (κ2) is 12.1. The molecule has 2 aromatic rings. The molecule has 0 radical (unpaired) electrons. The molecule has 2 aromatic carbocycles. The third-order valence-corrected chi connectivity index (χ3v) is 12.6. The number of hydrogen-bond acceptors (Lipinski definition) is 8. The molecule has 7 atom stereocenters. The van der Waals surface area contributed by atoms with Gasteiger partial charge in [-0.3, -0.25) is 14.4 Å². The number of aliphatic hydroxyl groups excluding tert-OH is 1. The predicted molar refractivity (Wildman–Crippen MR) is 178 cm³/mol. The summed E-state index contributed by atoms with van der Waals surface area (Å²) in [6.45, 7) is 3.46. The number of carbonyl (C=O) groups excluding carboxylic acids is 3. The van der Waals surface area contributed by atoms with E-state index in [1.165, 1.54) is 67.5 Å². The Balaban J connectivity index is 1.48. The summed E-state index contributed by atoms with van der Waals surface area (Å²) in [6, 6.07) is 7.12. The summed E-state index contributed by atoms with van der Waals surface area (Å²) in [5.41, 5.74) is -5.85. The Morgan fingerprint density at radius 2 is 1.73 bits per heavy atom. The average Bonchev–Trinajstić information content (AvgIpc) is 3.35. The molecule has 0 saturated heterocycles. The number of alkyl halides is 2. The van der Waals surface area contributed by atoms with E-state index in [4.69, 9.17) is 4.74 Å². The van der Waals surface area contributed by atoms with Gasteiger partial charge in [0.05, 0.1) is 22.6 Å². The van der Waals surface area contributed by atoms with E-state index in [9.17, 15) is 38.9 Å². The minimum Gasteiger partial charge on any atom is -0.507 e. The highest BCUT2D eigenvalue weighted by molar-refractivity contribution is 8.13. The molecular weight excluding hydrogens is 656 g/mol. The van der Waals surface area contributed by atoms with Crippen LogP contribution in [-0.4, -0.2) is 74.9 Å². The van der Waals surface area contributed by atoms with Gasteiger partial charge in [-0.15, -0.1) is 0 Å². The molecule has 3 fully saturated rings. The zero-order chi connectivity index (χ0) is 35.7. The highest BCUT2D eigenvalue weighted by Gasteiger charge is 2.74. The number of thioether (sulfide) groups is 1. The van der Waals surface area contributed by atoms with Crippen molar-refractivity contribution in [1.82, 2.24) is 4.90 Å². The number of carboxylic acid groups (broad SMARTS) is 1. The van der Waals surface area contributed by atoms with Crippen molar-refractivity contribution in [3.05, 3.63) is 76.9 Å². The van der Waals surface area contributed by atoms with Gasteiger partial charge in [0.15, 0.2) is 11.5 Å². The maximum absolute atomic E-state index is 17.8. The smallest absolute Gasteiger partial charge is 0.336 e. The van der Waals surface area contributed by atoms with E-state index in [-0.39, 0.29) is 52.6 Å². The van der Waals surface area contributed by atoms with Crippen LogP contribution in [0.1, 0.15) is 72.2 Å². The molecule has 1 amide bonds. The van der Waals surface area contributed by atoms with E-state index in [2.05, 4.69) is 0 Å². The highest BCUT2D eigenvalue weighted by Crippen LogP contribution is 2.72. The SMILES string of the molecule is CN(C)C(=O)c1cc(Oc2ccc(C(=O)O)c([C@@]3(C(=O)SCF)CC[C@H]4[C@@H]5CCC6=CC(=O)C=C[C@]6(C)[C@@]5(F)[C@@H](O)C[C@@]43C)c2)ccc1O. The molecule has 4 aliphatic carbocycles. The Morgan fingerprint density at radius 3 is 2.41 bits per heavy atom. The van der Waals surface area contributed by atoms with Crippen molar-refractivity contribution in [2.75, 3.05) is 20.1 Å². The number of nitrogens with zero attached hydrogens (tertiary/aromatic N) is 1. The van der Waals surface area contributed by atoms with Gasteiger partial charge in [-0.2, -0.15) is 0 Å². The topological polar surface area (TPSA) is 141 Å². The van der Waals surface area contributed by atoms with Crippen molar-refractivity contribution in [3.63, 3.8) is 0 Å². The minimum atomic E-state index is -2.17. The first kappa shape index (κ1) is 34.8. The molecule has 0 bridgehead atoms. The van der Waals surface area contributed by atoms with Crippen LogP contribution in [0.4, 0.5) is 8.78 Å². The van der Waals surface area contributed by atoms with Crippen molar-refractivity contribution in [2.24, 2.45) is 22.7 Å². The van der Waals surface area contributed by atoms with Crippen LogP contribution in [0.3, 0.4) is 0 Å². The summed E-state index contributed by atoms with van der Waals surface area (Å²) >= 11 is 0.421. The van der Waals surface area contributed by atoms with Crippen LogP contribution in [0.5, 0.6) is 17.2 Å². The van der Waals surface area contributed by atoms with Gasteiger partial charge in [-0.25, -0.2) is 13.6 Å². The number of aromatic hydroxyl groups is 1. The lowest BCUT2D eigenvalue weighted by Crippen LogP contribution is -2.68. The summed E-state index contributed by atoms with van der Waals surface area (Å²) in [6.07, 6.45) is 3.61. The first-order chi connectivity index (χ1) is 23.0. The number of phenols is 1. The minimum absolute atomic E-state index is 0.0238. The number of fused-ring (bicyclic) bond motifs is 5. The quantitative estimate of drug-likeness (QED) is 0.301. The van der Waals surface area contributed by atoms with Crippen molar-refractivity contribution in [3.8, 4) is 17.2 Å². The van der Waals surface area contributed by atoms with E-state index in [0.717, 1.165) is 0 Å². The molecular formula is C37H39F2NO8S. The standard InChI is InChI=1S/C37H39F2NO8S/c1-34-13-11-21(41)15-20(34)5-9-27-26-12-14-36(33(47)49-19-38,35(26,2)18-30(43)37(27,34)39)28-17-23(6-8-24(28)32(45)46)48-22-7-10-29(42)25(16-22)31(44)40(3)4/h6-8,10-11,13,15-17,26-27,30,42-43H,5,9,12,14,18-19H2,1-4H3,(H,45,46)/t26-,27-,30-,34-,35-,36+,37-/m0/s1. The van der Waals surface area contributed by atoms with Crippen LogP contribution in [-0.2, 0) is 15.0 Å². The summed E-state index contributed by atoms with van der Waals surface area (Å²) < 4.78 is 37.9. The number of allylic oxidation sites excluding steroid dienone is 4. The van der Waals surface area contributed by atoms with Crippen LogP contribution >= 0.6 is 11.8 Å². The molecule has 260 valence electrons. The van der Waals surface area contributed by atoms with Crippen LogP contribution < -0.4 is 4.74 Å². The Morgan fingerprint density at radius 1 is 1.04 bits per heavy atom. The lowest BCUT2D eigenvalue weighted by molar-refractivity contribution is -0.197. The van der Waals surface area contributed by atoms with Crippen molar-refractivity contribution in [1.29, 1.82) is 0 Å². The second-order valence-corrected chi connectivity index (χ2v) is 15.1. The number of aromatic carboxylic acids is 1. The molecule has 6 rings (SSSR count). The molecule has 3 N–H and O–H groups in total. The number of rotatable bonds is 7. The van der Waals surface area contributed by atoms with E-state index in [0.29, 0.717) is 36.6 Å². The normalized spacial score (nSPS) is 33.2. The third kappa shape index (κ3) is 4.96. The molecule has 49 heavy (non-hydrogen) atoms. The van der Waals surface area contributed by atoms with Gasteiger partial charge < -0.3 is 25.0 Å². The molecule has 0 aliphatic heterocycles. The van der Waals surface area contributed by atoms with Crippen LogP contribution in [0.15, 0.2) is 60.2 Å². The van der Waals surface area contributed by atoms with Gasteiger partial charge in [0.25, 0.3) is 5.91 Å². The van der Waals surface area contributed by atoms with Crippen LogP contribution in [0, 0.1) is 22.7 Å². The molecule has 0 unspecified atom stereocenters. The summed E-state index contributed by atoms with van der Waals surface area (Å²) in [7, 11) is 3.05. The number of ketones is 1. The molecule has 0 heterocycles. The number of amides is 1. The number of ether oxygens (including phenoxy) is 1. The van der Waals surface area contributed by atoms with E-state index < -0.39 is 62.9 Å². The number of carboxylic acids is 1. The molecule has 0 aromatic heterocycles. The molecule has 12 heteroatoms. The first-order valence-corrected chi connectivity index (χ1v) is 17.2. The number of halogens is 2. The summed E-state index contributed by atoms with van der Waals surface area (Å²) in [5.74, 6) is -3.29. The highest BCUT2D eigenvalue weighted by atomic mass is 32.2. The number of hydrogen-bond donors (Lipinski definition) is 3. The fraction of sp³-hybridized carbons (Fsp3) is 0.459. The number of carbonyl (C=O) groups is 4. The Bertz CT molecular complexity index is 1830. The van der Waals surface area contributed by atoms with Crippen molar-refractivity contribution in [2.45, 2.75) is 63.1 Å². The van der Waals surface area contributed by atoms with E-state index >= 15 is 4.39 Å². The lowest BCUT2D eigenvalue weighted by atomic mass is 9.43. The van der Waals surface area contributed by atoms with E-state index in [1.54, 1.807) is 19.9 Å². The lowest BCUT2D eigenvalue weighted by Gasteiger charge is -2.63. The number of aliphatic hydroxyl groups is 1. The Labute approximate surface area is 287 Å². The maximum atomic E-state index is 17.8. The van der Waals surface area contributed by atoms with Gasteiger partial charge in [-0.1, -0.05) is 30.3 Å². The molecule has 4 aliphatic rings. The van der Waals surface area contributed by atoms with Crippen LogP contribution in [0.25, 0.3) is 0 Å². The second-order valence-electron chi connectivity index (χ2n) is 14.2. The summed E-state index contributed by atoms with van der Waals surface area (Å²) in [5, 5.41) is 32.0. The molecule has 0 spiro atoms. The molecule has 9 nitrogen and oxygen atoms in total. The monoisotopic (exact) mass is 695 g/mol. The van der Waals surface area contributed by atoms with Gasteiger partial charge in [0, 0.05) is 25.4 Å². The van der Waals surface area contributed by atoms with Gasteiger partial charge in [0.2, 0.25) is 5.12 Å². The number of benzene rings is 2. The van der Waals surface area contributed by atoms with Crippen molar-refractivity contribution < 1.29 is 48.0 Å². The maximum Gasteiger partial charge on any atom is 0.336 e. The Kier molecular flexibility index (Phi) is 8.59. The first-order valence-electron chi connectivity index (χ1n) is 16.2. The fourth-order valence-electron chi connectivity index (χ4n) is 9.55. The summed E-state index contributed by atoms with van der Waals surface area (Å²) in [4.78, 5) is 53.3. The van der Waals surface area contributed by atoms with Gasteiger partial charge >= 0.3 is 5.97 Å². The zero-order valence-electron chi connectivity index (χ0n) is 27.7. The van der Waals surface area contributed by atoms with Gasteiger partial charge in [-0.05, 0) is 104 Å². The number of phenolic OH excluding ortho intramolecular Hbond substituents is 1. The van der Waals surface area contributed by atoms with Gasteiger partial charge in [0.1, 0.15) is 23.3 Å².